The van der Waals surface area contributed by atoms with Crippen molar-refractivity contribution in [3.05, 3.63) is 60.2 Å². The smallest absolute Gasteiger partial charge is 0.224 e. The van der Waals surface area contributed by atoms with Crippen molar-refractivity contribution in [3.8, 4) is 17.2 Å². The van der Waals surface area contributed by atoms with Crippen LogP contribution < -0.4 is 5.32 Å². The molecule has 0 amide bonds. The molecule has 6 rings (SSSR count). The fourth-order valence-electron chi connectivity index (χ4n) is 5.35. The molecule has 1 atom stereocenters. The summed E-state index contributed by atoms with van der Waals surface area (Å²) in [6.45, 7) is 4.42. The Balaban J connectivity index is 1.45. The van der Waals surface area contributed by atoms with Gasteiger partial charge in [-0.3, -0.25) is 9.47 Å². The van der Waals surface area contributed by atoms with Crippen molar-refractivity contribution in [1.82, 2.24) is 29.4 Å². The van der Waals surface area contributed by atoms with Crippen molar-refractivity contribution >= 4 is 17.1 Å². The van der Waals surface area contributed by atoms with Gasteiger partial charge in [0.25, 0.3) is 0 Å². The maximum atomic E-state index is 13.7. The number of nitrogens with zero attached hydrogens (tertiary/aromatic N) is 6. The molecular weight excluding hydrogens is 441 g/mol. The molecule has 7 nitrogen and oxygen atoms in total. The molecule has 180 valence electrons. The van der Waals surface area contributed by atoms with Crippen molar-refractivity contribution in [2.24, 2.45) is 0 Å². The van der Waals surface area contributed by atoms with Crippen LogP contribution in [0.4, 0.5) is 10.3 Å². The standard InChI is InChI=1S/C27H30FN7/c1-18(34-16-4-5-17-34)22-12-13-23-25(31-22)33-26(19-8-10-20(28)11-9-19)35(23)24-14-15-29-27(32-24)30-21-6-2-3-7-21/h8-15,18,21H,2-7,16-17H2,1H3,(H,29,30,32). The zero-order valence-corrected chi connectivity index (χ0v) is 20.0. The Labute approximate surface area is 204 Å². The Morgan fingerprint density at radius 1 is 0.914 bits per heavy atom. The summed E-state index contributed by atoms with van der Waals surface area (Å²) in [5.74, 6) is 1.74. The summed E-state index contributed by atoms with van der Waals surface area (Å²) in [5, 5.41) is 3.49. The highest BCUT2D eigenvalue weighted by atomic mass is 19.1. The van der Waals surface area contributed by atoms with E-state index < -0.39 is 0 Å². The highest BCUT2D eigenvalue weighted by molar-refractivity contribution is 5.80. The van der Waals surface area contributed by atoms with Gasteiger partial charge in [0.15, 0.2) is 5.65 Å². The first-order chi connectivity index (χ1) is 17.2. The highest BCUT2D eigenvalue weighted by Crippen LogP contribution is 2.30. The molecule has 0 radical (unpaired) electrons. The van der Waals surface area contributed by atoms with Crippen molar-refractivity contribution < 1.29 is 4.39 Å². The largest absolute Gasteiger partial charge is 0.351 e. The van der Waals surface area contributed by atoms with E-state index in [0.29, 0.717) is 29.3 Å². The zero-order chi connectivity index (χ0) is 23.8. The van der Waals surface area contributed by atoms with Crippen LogP contribution in [0.2, 0.25) is 0 Å². The fourth-order valence-corrected chi connectivity index (χ4v) is 5.35. The van der Waals surface area contributed by atoms with E-state index in [4.69, 9.17) is 15.0 Å². The van der Waals surface area contributed by atoms with E-state index in [0.717, 1.165) is 42.7 Å². The molecule has 1 aliphatic carbocycles. The Bertz CT molecular complexity index is 1320. The van der Waals surface area contributed by atoms with Gasteiger partial charge < -0.3 is 5.32 Å². The van der Waals surface area contributed by atoms with Gasteiger partial charge in [-0.05, 0) is 88.2 Å². The van der Waals surface area contributed by atoms with Crippen molar-refractivity contribution in [3.63, 3.8) is 0 Å². The number of imidazole rings is 1. The van der Waals surface area contributed by atoms with E-state index in [1.807, 2.05) is 10.6 Å². The van der Waals surface area contributed by atoms with Gasteiger partial charge >= 0.3 is 0 Å². The molecular formula is C27H30FN7. The Morgan fingerprint density at radius 3 is 2.46 bits per heavy atom. The van der Waals surface area contributed by atoms with Crippen molar-refractivity contribution in [1.29, 1.82) is 0 Å². The van der Waals surface area contributed by atoms with Crippen LogP contribution in [0.25, 0.3) is 28.4 Å². The summed E-state index contributed by atoms with van der Waals surface area (Å²) in [6.07, 6.45) is 9.01. The van der Waals surface area contributed by atoms with E-state index in [1.165, 1.54) is 37.8 Å². The quantitative estimate of drug-likeness (QED) is 0.399. The Morgan fingerprint density at radius 2 is 1.69 bits per heavy atom. The van der Waals surface area contributed by atoms with E-state index in [-0.39, 0.29) is 11.9 Å². The molecule has 3 aromatic heterocycles. The molecule has 0 spiro atoms. The number of aromatic nitrogens is 5. The summed E-state index contributed by atoms with van der Waals surface area (Å²) in [5.41, 5.74) is 3.35. The van der Waals surface area contributed by atoms with E-state index in [9.17, 15) is 4.39 Å². The Kier molecular flexibility index (Phi) is 5.90. The first kappa shape index (κ1) is 22.1. The van der Waals surface area contributed by atoms with Gasteiger partial charge in [0.05, 0.1) is 11.2 Å². The van der Waals surface area contributed by atoms with E-state index >= 15 is 0 Å². The topological polar surface area (TPSA) is 71.8 Å². The third-order valence-electron chi connectivity index (χ3n) is 7.32. The minimum atomic E-state index is -0.277. The maximum absolute atomic E-state index is 13.7. The van der Waals surface area contributed by atoms with Crippen LogP contribution >= 0.6 is 0 Å². The molecule has 8 heteroatoms. The van der Waals surface area contributed by atoms with Gasteiger partial charge in [-0.2, -0.15) is 4.98 Å². The lowest BCUT2D eigenvalue weighted by atomic mass is 10.2. The molecule has 0 bridgehead atoms. The van der Waals surface area contributed by atoms with Crippen LogP contribution in [0.3, 0.4) is 0 Å². The number of fused-ring (bicyclic) bond motifs is 1. The third-order valence-corrected chi connectivity index (χ3v) is 7.32. The van der Waals surface area contributed by atoms with Gasteiger partial charge in [-0.1, -0.05) is 12.8 Å². The molecule has 1 saturated carbocycles. The van der Waals surface area contributed by atoms with Crippen LogP contribution in [-0.2, 0) is 0 Å². The van der Waals surface area contributed by atoms with Crippen LogP contribution in [0, 0.1) is 5.82 Å². The summed E-state index contributed by atoms with van der Waals surface area (Å²) in [7, 11) is 0. The second-order valence-corrected chi connectivity index (χ2v) is 9.64. The first-order valence-corrected chi connectivity index (χ1v) is 12.6. The Hall–Kier alpha value is -3.39. The first-order valence-electron chi connectivity index (χ1n) is 12.6. The monoisotopic (exact) mass is 471 g/mol. The van der Waals surface area contributed by atoms with Gasteiger partial charge in [0.1, 0.15) is 17.5 Å². The van der Waals surface area contributed by atoms with Crippen molar-refractivity contribution in [2.75, 3.05) is 18.4 Å². The highest BCUT2D eigenvalue weighted by Gasteiger charge is 2.23. The maximum Gasteiger partial charge on any atom is 0.224 e. The third kappa shape index (κ3) is 4.38. The molecule has 1 aliphatic heterocycles. The van der Waals surface area contributed by atoms with Gasteiger partial charge in [-0.15, -0.1) is 0 Å². The number of rotatable bonds is 6. The van der Waals surface area contributed by atoms with Gasteiger partial charge in [0.2, 0.25) is 5.95 Å². The number of benzene rings is 1. The molecule has 2 fully saturated rings. The SMILES string of the molecule is CC(c1ccc2c(n1)nc(-c1ccc(F)cc1)n2-c1ccnc(NC2CCCC2)n1)N1CCCC1. The van der Waals surface area contributed by atoms with Gasteiger partial charge in [-0.25, -0.2) is 19.3 Å². The molecule has 4 heterocycles. The summed E-state index contributed by atoms with van der Waals surface area (Å²) < 4.78 is 15.7. The van der Waals surface area contributed by atoms with Crippen LogP contribution in [0.5, 0.6) is 0 Å². The van der Waals surface area contributed by atoms with Crippen LogP contribution in [0.1, 0.15) is 57.2 Å². The fraction of sp³-hybridized carbons (Fsp3) is 0.407. The predicted octanol–water partition coefficient (Wildman–Crippen LogP) is 5.53. The van der Waals surface area contributed by atoms with Crippen LogP contribution in [0.15, 0.2) is 48.7 Å². The summed E-state index contributed by atoms with van der Waals surface area (Å²) >= 11 is 0. The number of hydrogen-bond donors (Lipinski definition) is 1. The predicted molar refractivity (Wildman–Crippen MR) is 135 cm³/mol. The average Bonchev–Trinajstić information content (AvgIpc) is 3.65. The summed E-state index contributed by atoms with van der Waals surface area (Å²) in [4.78, 5) is 21.7. The lowest BCUT2D eigenvalue weighted by molar-refractivity contribution is 0.259. The van der Waals surface area contributed by atoms with Gasteiger partial charge in [0, 0.05) is 23.8 Å². The number of nitrogens with one attached hydrogen (secondary N) is 1. The molecule has 1 saturated heterocycles. The minimum absolute atomic E-state index is 0.239. The van der Waals surface area contributed by atoms with E-state index in [1.54, 1.807) is 18.3 Å². The molecule has 4 aromatic rings. The minimum Gasteiger partial charge on any atom is -0.351 e. The zero-order valence-electron chi connectivity index (χ0n) is 20.0. The lowest BCUT2D eigenvalue weighted by Crippen LogP contribution is -2.23. The normalized spacial score (nSPS) is 17.9. The number of halogens is 1. The van der Waals surface area contributed by atoms with Crippen LogP contribution in [-0.4, -0.2) is 48.5 Å². The lowest BCUT2D eigenvalue weighted by Gasteiger charge is -2.23. The van der Waals surface area contributed by atoms with E-state index in [2.05, 4.69) is 34.3 Å². The number of hydrogen-bond acceptors (Lipinski definition) is 6. The molecule has 1 N–H and O–H groups in total. The second-order valence-electron chi connectivity index (χ2n) is 9.64. The molecule has 1 aromatic carbocycles. The number of likely N-dealkylation sites (tertiary alicyclic amines) is 1. The molecule has 1 unspecified atom stereocenters. The average molecular weight is 472 g/mol. The summed E-state index contributed by atoms with van der Waals surface area (Å²) in [6, 6.07) is 13.1. The number of pyridine rings is 1. The van der Waals surface area contributed by atoms with Crippen molar-refractivity contribution in [2.45, 2.75) is 57.5 Å². The number of anilines is 1. The molecule has 35 heavy (non-hydrogen) atoms. The molecule has 2 aliphatic rings. The second kappa shape index (κ2) is 9.34.